The van der Waals surface area contributed by atoms with Crippen molar-refractivity contribution in [2.45, 2.75) is 19.2 Å². The Morgan fingerprint density at radius 2 is 1.86 bits per heavy atom. The minimum atomic E-state index is -4.55. The van der Waals surface area contributed by atoms with Crippen LogP contribution in [0.4, 0.5) is 23.9 Å². The first-order chi connectivity index (χ1) is 17.2. The Hall–Kier alpha value is -3.02. The van der Waals surface area contributed by atoms with E-state index in [2.05, 4.69) is 14.8 Å². The number of alkyl halides is 3. The van der Waals surface area contributed by atoms with Gasteiger partial charge in [0.25, 0.3) is 0 Å². The van der Waals surface area contributed by atoms with Crippen molar-refractivity contribution in [3.63, 3.8) is 0 Å². The zero-order valence-electron chi connectivity index (χ0n) is 19.9. The Morgan fingerprint density at radius 1 is 1.14 bits per heavy atom. The Kier molecular flexibility index (Phi) is 11.8. The summed E-state index contributed by atoms with van der Waals surface area (Å²) in [6, 6.07) is 17.7. The molecule has 194 valence electrons. The first-order valence-corrected chi connectivity index (χ1v) is 12.8. The van der Waals surface area contributed by atoms with Crippen LogP contribution in [0, 0.1) is 0 Å². The summed E-state index contributed by atoms with van der Waals surface area (Å²) in [5.74, 6) is -0.278. The van der Waals surface area contributed by atoms with Crippen LogP contribution in [-0.2, 0) is 14.3 Å². The molecule has 3 rings (SSSR count). The van der Waals surface area contributed by atoms with Crippen LogP contribution < -0.4 is 10.0 Å². The minimum Gasteiger partial charge on any atom is -0.462 e. The monoisotopic (exact) mass is 540 g/mol. The van der Waals surface area contributed by atoms with Gasteiger partial charge in [-0.3, -0.25) is 0 Å². The van der Waals surface area contributed by atoms with E-state index in [0.29, 0.717) is 24.1 Å². The number of aldehydes is 1. The van der Waals surface area contributed by atoms with Crippen LogP contribution in [0.25, 0.3) is 10.4 Å². The average molecular weight is 541 g/mol. The number of thiophene rings is 1. The van der Waals surface area contributed by atoms with Crippen molar-refractivity contribution in [2.75, 3.05) is 36.6 Å². The molecule has 0 aliphatic heterocycles. The average Bonchev–Trinajstić information content (AvgIpc) is 3.30. The highest BCUT2D eigenvalue weighted by atomic mass is 32.2. The number of hydrogen-bond donors (Lipinski definition) is 2. The molecule has 0 aliphatic rings. The Bertz CT molecular complexity index is 1110. The zero-order valence-corrected chi connectivity index (χ0v) is 21.6. The van der Waals surface area contributed by atoms with Gasteiger partial charge < -0.3 is 24.3 Å². The molecule has 2 aromatic carbocycles. The lowest BCUT2D eigenvalue weighted by molar-refractivity contribution is -0.221. The highest BCUT2D eigenvalue weighted by Gasteiger charge is 2.41. The fraction of sp³-hybridized carbons (Fsp3) is 0.280. The summed E-state index contributed by atoms with van der Waals surface area (Å²) in [6.07, 6.45) is -4.59. The molecule has 0 saturated carbocycles. The van der Waals surface area contributed by atoms with E-state index in [1.165, 1.54) is 30.1 Å². The van der Waals surface area contributed by atoms with Gasteiger partial charge in [-0.25, -0.2) is 4.79 Å². The first kappa shape index (κ1) is 29.2. The molecular formula is C25H27F3N2O4S2. The second-order valence-corrected chi connectivity index (χ2v) is 8.71. The molecule has 3 aromatic rings. The summed E-state index contributed by atoms with van der Waals surface area (Å²) in [4.78, 5) is 23.0. The fourth-order valence-electron chi connectivity index (χ4n) is 3.08. The van der Waals surface area contributed by atoms with Crippen LogP contribution in [0.3, 0.4) is 0 Å². The number of benzene rings is 2. The molecular weight excluding hydrogens is 513 g/mol. The van der Waals surface area contributed by atoms with Crippen LogP contribution >= 0.6 is 23.3 Å². The van der Waals surface area contributed by atoms with Crippen LogP contribution in [0.2, 0.25) is 0 Å². The maximum Gasteiger partial charge on any atom is 0.418 e. The quantitative estimate of drug-likeness (QED) is 0.166. The van der Waals surface area contributed by atoms with Crippen LogP contribution in [0.1, 0.15) is 28.9 Å². The van der Waals surface area contributed by atoms with Crippen molar-refractivity contribution in [3.05, 3.63) is 71.8 Å². The Morgan fingerprint density at radius 3 is 2.44 bits per heavy atom. The van der Waals surface area contributed by atoms with Gasteiger partial charge in [-0.05, 0) is 36.2 Å². The van der Waals surface area contributed by atoms with Gasteiger partial charge in [0, 0.05) is 23.9 Å². The molecule has 0 spiro atoms. The molecule has 11 heteroatoms. The van der Waals surface area contributed by atoms with Crippen molar-refractivity contribution in [1.82, 2.24) is 0 Å². The number of halogens is 3. The van der Waals surface area contributed by atoms with Crippen molar-refractivity contribution >= 4 is 46.2 Å². The fourth-order valence-corrected chi connectivity index (χ4v) is 4.45. The standard InChI is InChI=1S/C14H15NO2S.C11H12F3NO2S/c1-3-17-14(16)11-9-12(18-13(11)15-2)10-7-5-4-6-8-10;1-18-15-9-4-2-3-8(7-9)10(11(12,13)14)17-6-5-16/h4-9,15H,3H2,1-2H3;2-5,7,10,15H,6H2,1H3. The van der Waals surface area contributed by atoms with Crippen molar-refractivity contribution in [3.8, 4) is 10.4 Å². The van der Waals surface area contributed by atoms with E-state index in [9.17, 15) is 22.8 Å². The molecule has 2 N–H and O–H groups in total. The van der Waals surface area contributed by atoms with Gasteiger partial charge in [0.1, 0.15) is 17.9 Å². The van der Waals surface area contributed by atoms with E-state index in [1.807, 2.05) is 43.4 Å². The lowest BCUT2D eigenvalue weighted by Crippen LogP contribution is -2.24. The van der Waals surface area contributed by atoms with Crippen LogP contribution in [0.5, 0.6) is 0 Å². The molecule has 6 nitrogen and oxygen atoms in total. The molecule has 0 bridgehead atoms. The molecule has 0 amide bonds. The number of carbonyl (C=O) groups excluding carboxylic acids is 2. The third-order valence-corrected chi connectivity index (χ3v) is 6.19. The lowest BCUT2D eigenvalue weighted by Gasteiger charge is -2.20. The van der Waals surface area contributed by atoms with Gasteiger partial charge in [-0.15, -0.1) is 11.3 Å². The van der Waals surface area contributed by atoms with Crippen molar-refractivity contribution in [1.29, 1.82) is 0 Å². The van der Waals surface area contributed by atoms with Gasteiger partial charge in [-0.2, -0.15) is 13.2 Å². The molecule has 0 radical (unpaired) electrons. The predicted octanol–water partition coefficient (Wildman–Crippen LogP) is 6.83. The summed E-state index contributed by atoms with van der Waals surface area (Å²) in [7, 11) is 1.81. The summed E-state index contributed by atoms with van der Waals surface area (Å²) in [6.45, 7) is 1.60. The highest BCUT2D eigenvalue weighted by molar-refractivity contribution is 7.99. The smallest absolute Gasteiger partial charge is 0.418 e. The SMILES string of the molecule is CCOC(=O)c1cc(-c2ccccc2)sc1NC.CSNc1cccc(C(OCC=O)C(F)(F)F)c1. The lowest BCUT2D eigenvalue weighted by atomic mass is 10.1. The second kappa shape index (κ2) is 14.5. The molecule has 1 atom stereocenters. The summed E-state index contributed by atoms with van der Waals surface area (Å²) >= 11 is 2.83. The topological polar surface area (TPSA) is 76.7 Å². The van der Waals surface area contributed by atoms with Crippen LogP contribution in [0.15, 0.2) is 60.7 Å². The molecule has 0 saturated heterocycles. The van der Waals surface area contributed by atoms with E-state index in [4.69, 9.17) is 4.74 Å². The number of ether oxygens (including phenoxy) is 2. The highest BCUT2D eigenvalue weighted by Crippen LogP contribution is 2.37. The minimum absolute atomic E-state index is 0.0385. The van der Waals surface area contributed by atoms with Gasteiger partial charge in [-0.1, -0.05) is 54.4 Å². The molecule has 1 unspecified atom stereocenters. The maximum atomic E-state index is 12.8. The van der Waals surface area contributed by atoms with E-state index in [0.717, 1.165) is 15.4 Å². The number of esters is 1. The molecule has 1 heterocycles. The summed E-state index contributed by atoms with van der Waals surface area (Å²) < 4.78 is 50.8. The maximum absolute atomic E-state index is 12.8. The van der Waals surface area contributed by atoms with Crippen LogP contribution in [-0.4, -0.2) is 44.9 Å². The zero-order chi connectivity index (χ0) is 26.6. The number of anilines is 2. The van der Waals surface area contributed by atoms with Gasteiger partial charge in [0.2, 0.25) is 0 Å². The number of nitrogens with one attached hydrogen (secondary N) is 2. The van der Waals surface area contributed by atoms with Crippen molar-refractivity contribution < 1.29 is 32.2 Å². The van der Waals surface area contributed by atoms with E-state index in [-0.39, 0.29) is 11.5 Å². The van der Waals surface area contributed by atoms with E-state index < -0.39 is 18.9 Å². The largest absolute Gasteiger partial charge is 0.462 e. The second-order valence-electron chi connectivity index (χ2n) is 7.04. The van der Waals surface area contributed by atoms with Gasteiger partial charge in [0.15, 0.2) is 6.10 Å². The van der Waals surface area contributed by atoms with Gasteiger partial charge >= 0.3 is 12.1 Å². The summed E-state index contributed by atoms with van der Waals surface area (Å²) in [5.41, 5.74) is 2.21. The first-order valence-electron chi connectivity index (χ1n) is 10.8. The molecule has 0 fully saturated rings. The van der Waals surface area contributed by atoms with Crippen molar-refractivity contribution in [2.24, 2.45) is 0 Å². The number of carbonyl (C=O) groups is 2. The van der Waals surface area contributed by atoms with Gasteiger partial charge in [0.05, 0.1) is 12.2 Å². The number of rotatable bonds is 10. The Labute approximate surface area is 216 Å². The molecule has 36 heavy (non-hydrogen) atoms. The molecule has 0 aliphatic carbocycles. The predicted molar refractivity (Wildman–Crippen MR) is 140 cm³/mol. The normalized spacial score (nSPS) is 11.6. The summed E-state index contributed by atoms with van der Waals surface area (Å²) in [5, 5.41) is 3.88. The third-order valence-electron chi connectivity index (χ3n) is 4.55. The van der Waals surface area contributed by atoms with E-state index in [1.54, 1.807) is 30.6 Å². The molecule has 1 aromatic heterocycles. The number of hydrogen-bond acceptors (Lipinski definition) is 8. The Balaban J connectivity index is 0.000000254. The third kappa shape index (κ3) is 8.58. The van der Waals surface area contributed by atoms with E-state index >= 15 is 0 Å².